The molecule has 1 amide bonds. The number of nitrogens with zero attached hydrogens (tertiary/aromatic N) is 1. The van der Waals surface area contributed by atoms with Crippen molar-refractivity contribution in [3.05, 3.63) is 51.3 Å². The Morgan fingerprint density at radius 1 is 1.04 bits per heavy atom. The van der Waals surface area contributed by atoms with E-state index in [2.05, 4.69) is 10.3 Å². The number of anilines is 1. The van der Waals surface area contributed by atoms with E-state index in [1.54, 1.807) is 20.3 Å². The summed E-state index contributed by atoms with van der Waals surface area (Å²) in [4.78, 5) is 17.1. The fourth-order valence-corrected chi connectivity index (χ4v) is 3.85. The molecule has 9 heteroatoms. The molecule has 0 aliphatic carbocycles. The highest BCUT2D eigenvalue weighted by Gasteiger charge is 2.18. The van der Waals surface area contributed by atoms with Crippen molar-refractivity contribution in [3.8, 4) is 28.5 Å². The van der Waals surface area contributed by atoms with Crippen LogP contribution in [0.2, 0.25) is 10.0 Å². The van der Waals surface area contributed by atoms with Gasteiger partial charge in [0.25, 0.3) is 5.91 Å². The van der Waals surface area contributed by atoms with Gasteiger partial charge in [-0.1, -0.05) is 23.2 Å². The van der Waals surface area contributed by atoms with Crippen molar-refractivity contribution in [2.24, 2.45) is 0 Å². The van der Waals surface area contributed by atoms with Gasteiger partial charge in [-0.15, -0.1) is 11.3 Å². The van der Waals surface area contributed by atoms with Crippen molar-refractivity contribution < 1.29 is 19.0 Å². The van der Waals surface area contributed by atoms with Crippen molar-refractivity contribution in [1.82, 2.24) is 4.98 Å². The zero-order valence-corrected chi connectivity index (χ0v) is 17.5. The molecule has 3 rings (SSSR count). The first kappa shape index (κ1) is 20.3. The topological polar surface area (TPSA) is 69.7 Å². The van der Waals surface area contributed by atoms with E-state index in [0.29, 0.717) is 27.3 Å². The van der Waals surface area contributed by atoms with E-state index in [9.17, 15) is 4.79 Å². The summed E-state index contributed by atoms with van der Waals surface area (Å²) in [5.74, 6) is 1.05. The highest BCUT2D eigenvalue weighted by Crippen LogP contribution is 2.35. The van der Waals surface area contributed by atoms with Crippen LogP contribution < -0.4 is 19.5 Å². The Hall–Kier alpha value is -2.48. The lowest BCUT2D eigenvalue weighted by molar-refractivity contribution is 0.102. The largest absolute Gasteiger partial charge is 0.494 e. The molecule has 6 nitrogen and oxygen atoms in total. The number of ether oxygens (including phenoxy) is 3. The molecule has 0 aliphatic rings. The van der Waals surface area contributed by atoms with Crippen LogP contribution in [0.15, 0.2) is 35.7 Å². The van der Waals surface area contributed by atoms with E-state index < -0.39 is 5.91 Å². The van der Waals surface area contributed by atoms with Crippen LogP contribution in [0.1, 0.15) is 10.4 Å². The molecule has 3 aromatic rings. The van der Waals surface area contributed by atoms with Crippen LogP contribution in [-0.4, -0.2) is 32.2 Å². The van der Waals surface area contributed by atoms with E-state index in [0.717, 1.165) is 5.56 Å². The highest BCUT2D eigenvalue weighted by atomic mass is 35.5. The van der Waals surface area contributed by atoms with Crippen molar-refractivity contribution >= 4 is 45.6 Å². The summed E-state index contributed by atoms with van der Waals surface area (Å²) in [6.07, 6.45) is 0. The fraction of sp³-hybridized carbons (Fsp3) is 0.158. The maximum Gasteiger partial charge on any atom is 0.261 e. The van der Waals surface area contributed by atoms with Crippen molar-refractivity contribution in [1.29, 1.82) is 0 Å². The molecule has 2 aromatic carbocycles. The monoisotopic (exact) mass is 438 g/mol. The van der Waals surface area contributed by atoms with Crippen LogP contribution in [0.4, 0.5) is 5.13 Å². The Kier molecular flexibility index (Phi) is 6.28. The third-order valence-corrected chi connectivity index (χ3v) is 5.12. The number of carbonyl (C=O) groups excluding carboxylic acids is 1. The average molecular weight is 439 g/mol. The van der Waals surface area contributed by atoms with Crippen LogP contribution in [0.3, 0.4) is 0 Å². The zero-order chi connectivity index (χ0) is 20.3. The van der Waals surface area contributed by atoms with Crippen LogP contribution in [-0.2, 0) is 0 Å². The second kappa shape index (κ2) is 8.68. The molecule has 0 fully saturated rings. The maximum atomic E-state index is 12.6. The minimum atomic E-state index is -0.422. The molecule has 146 valence electrons. The number of nitrogens with one attached hydrogen (secondary N) is 1. The van der Waals surface area contributed by atoms with Gasteiger partial charge in [0.1, 0.15) is 5.75 Å². The number of hydrogen-bond acceptors (Lipinski definition) is 6. The van der Waals surface area contributed by atoms with E-state index in [-0.39, 0.29) is 16.3 Å². The first-order valence-corrected chi connectivity index (χ1v) is 9.62. The van der Waals surface area contributed by atoms with Crippen LogP contribution in [0.25, 0.3) is 11.3 Å². The summed E-state index contributed by atoms with van der Waals surface area (Å²) in [5, 5.41) is 5.59. The Morgan fingerprint density at radius 3 is 2.46 bits per heavy atom. The number of halogens is 2. The molecule has 28 heavy (non-hydrogen) atoms. The molecule has 1 aromatic heterocycles. The van der Waals surface area contributed by atoms with Gasteiger partial charge in [0.15, 0.2) is 16.6 Å². The lowest BCUT2D eigenvalue weighted by atomic mass is 10.1. The Morgan fingerprint density at radius 2 is 1.79 bits per heavy atom. The van der Waals surface area contributed by atoms with Crippen LogP contribution in [0, 0.1) is 0 Å². The first-order chi connectivity index (χ1) is 13.5. The smallest absolute Gasteiger partial charge is 0.261 e. The molecule has 1 N–H and O–H groups in total. The number of methoxy groups -OCH3 is 3. The van der Waals surface area contributed by atoms with Gasteiger partial charge in [-0.3, -0.25) is 10.1 Å². The third-order valence-electron chi connectivity index (χ3n) is 3.86. The Labute approximate surface area is 176 Å². The number of hydrogen-bond donors (Lipinski definition) is 1. The Bertz CT molecular complexity index is 1020. The normalized spacial score (nSPS) is 10.5. The number of thiazole rings is 1. The highest BCUT2D eigenvalue weighted by molar-refractivity contribution is 7.14. The summed E-state index contributed by atoms with van der Waals surface area (Å²) in [6, 6.07) is 8.48. The van der Waals surface area contributed by atoms with Gasteiger partial charge in [0.2, 0.25) is 0 Å². The second-order valence-electron chi connectivity index (χ2n) is 5.53. The zero-order valence-electron chi connectivity index (χ0n) is 15.2. The summed E-state index contributed by atoms with van der Waals surface area (Å²) in [6.45, 7) is 0. The number of carbonyl (C=O) groups is 1. The standard InChI is InChI=1S/C19H16Cl2N2O4S/c1-25-15-5-4-10(6-16(15)26-2)14-9-28-19(22-14)23-18(24)12-7-11(20)8-13(21)17(12)27-3/h4-9H,1-3H3,(H,22,23,24). The molecule has 0 saturated heterocycles. The molecular formula is C19H16Cl2N2O4S. The second-order valence-corrected chi connectivity index (χ2v) is 7.23. The molecule has 0 spiro atoms. The predicted octanol–water partition coefficient (Wildman–Crippen LogP) is 5.40. The predicted molar refractivity (Wildman–Crippen MR) is 112 cm³/mol. The number of aromatic nitrogens is 1. The average Bonchev–Trinajstić information content (AvgIpc) is 3.15. The van der Waals surface area contributed by atoms with E-state index in [1.165, 1.54) is 30.6 Å². The molecule has 1 heterocycles. The van der Waals surface area contributed by atoms with Crippen molar-refractivity contribution in [2.45, 2.75) is 0 Å². The Balaban J connectivity index is 1.85. The summed E-state index contributed by atoms with van der Waals surface area (Å²) < 4.78 is 15.8. The fourth-order valence-electron chi connectivity index (χ4n) is 2.56. The SMILES string of the molecule is COc1ccc(-c2csc(NC(=O)c3cc(Cl)cc(Cl)c3OC)n2)cc1OC. The van der Waals surface area contributed by atoms with E-state index >= 15 is 0 Å². The quantitative estimate of drug-likeness (QED) is 0.558. The first-order valence-electron chi connectivity index (χ1n) is 7.99. The van der Waals surface area contributed by atoms with Crippen LogP contribution >= 0.6 is 34.5 Å². The molecule has 0 saturated carbocycles. The number of benzene rings is 2. The van der Waals surface area contributed by atoms with E-state index in [1.807, 2.05) is 17.5 Å². The summed E-state index contributed by atoms with van der Waals surface area (Å²) in [5.41, 5.74) is 1.75. The van der Waals surface area contributed by atoms with Gasteiger partial charge in [-0.2, -0.15) is 0 Å². The molecule has 0 radical (unpaired) electrons. The van der Waals surface area contributed by atoms with Crippen molar-refractivity contribution in [3.63, 3.8) is 0 Å². The molecule has 0 atom stereocenters. The van der Waals surface area contributed by atoms with E-state index in [4.69, 9.17) is 37.4 Å². The third kappa shape index (κ3) is 4.16. The van der Waals surface area contributed by atoms with Gasteiger partial charge < -0.3 is 14.2 Å². The lowest BCUT2D eigenvalue weighted by Gasteiger charge is -2.10. The summed E-state index contributed by atoms with van der Waals surface area (Å²) in [7, 11) is 4.58. The van der Waals surface area contributed by atoms with Crippen LogP contribution in [0.5, 0.6) is 17.2 Å². The van der Waals surface area contributed by atoms with Gasteiger partial charge in [-0.05, 0) is 30.3 Å². The van der Waals surface area contributed by atoms with Gasteiger partial charge in [0, 0.05) is 16.0 Å². The van der Waals surface area contributed by atoms with Crippen molar-refractivity contribution in [2.75, 3.05) is 26.6 Å². The number of amides is 1. The maximum absolute atomic E-state index is 12.6. The summed E-state index contributed by atoms with van der Waals surface area (Å²) >= 11 is 13.4. The number of rotatable bonds is 6. The molecule has 0 bridgehead atoms. The van der Waals surface area contributed by atoms with Gasteiger partial charge in [-0.25, -0.2) is 4.98 Å². The van der Waals surface area contributed by atoms with Gasteiger partial charge >= 0.3 is 0 Å². The molecular weight excluding hydrogens is 423 g/mol. The molecule has 0 aliphatic heterocycles. The lowest BCUT2D eigenvalue weighted by Crippen LogP contribution is -2.13. The minimum absolute atomic E-state index is 0.225. The van der Waals surface area contributed by atoms with Gasteiger partial charge in [0.05, 0.1) is 37.6 Å². The molecule has 0 unspecified atom stereocenters. The minimum Gasteiger partial charge on any atom is -0.494 e.